The van der Waals surface area contributed by atoms with Crippen molar-refractivity contribution in [3.8, 4) is 22.8 Å². The molecule has 1 heterocycles. The molecule has 0 aliphatic rings. The molecular formula is C22H17N3O5S. The van der Waals surface area contributed by atoms with Crippen molar-refractivity contribution < 1.29 is 17.8 Å². The summed E-state index contributed by atoms with van der Waals surface area (Å²) in [5.74, 6) is 0.990. The van der Waals surface area contributed by atoms with E-state index in [-0.39, 0.29) is 16.3 Å². The predicted molar refractivity (Wildman–Crippen MR) is 116 cm³/mol. The lowest BCUT2D eigenvalue weighted by atomic mass is 10.2. The Hall–Kier alpha value is -3.98. The Morgan fingerprint density at radius 2 is 1.68 bits per heavy atom. The van der Waals surface area contributed by atoms with Gasteiger partial charge in [0.2, 0.25) is 5.89 Å². The highest BCUT2D eigenvalue weighted by Gasteiger charge is 2.18. The van der Waals surface area contributed by atoms with Crippen LogP contribution in [0, 0.1) is 17.0 Å². The van der Waals surface area contributed by atoms with Gasteiger partial charge in [-0.1, -0.05) is 30.3 Å². The summed E-state index contributed by atoms with van der Waals surface area (Å²) < 4.78 is 33.7. The number of aryl methyl sites for hydroxylation is 1. The van der Waals surface area contributed by atoms with E-state index in [2.05, 4.69) is 9.71 Å². The minimum Gasteiger partial charge on any atom is -0.436 e. The highest BCUT2D eigenvalue weighted by atomic mass is 32.2. The van der Waals surface area contributed by atoms with Crippen molar-refractivity contribution in [3.63, 3.8) is 0 Å². The second-order valence-corrected chi connectivity index (χ2v) is 8.46. The van der Waals surface area contributed by atoms with Gasteiger partial charge in [-0.05, 0) is 42.8 Å². The third-order valence-electron chi connectivity index (χ3n) is 4.64. The van der Waals surface area contributed by atoms with E-state index in [9.17, 15) is 18.5 Å². The molecule has 9 heteroatoms. The maximum absolute atomic E-state index is 12.7. The van der Waals surface area contributed by atoms with E-state index in [1.165, 1.54) is 30.3 Å². The highest BCUT2D eigenvalue weighted by Crippen LogP contribution is 2.28. The first-order valence-corrected chi connectivity index (χ1v) is 10.7. The predicted octanol–water partition coefficient (Wildman–Crippen LogP) is 5.03. The summed E-state index contributed by atoms with van der Waals surface area (Å²) in [7, 11) is -3.88. The Labute approximate surface area is 178 Å². The number of rotatable bonds is 6. The number of anilines is 1. The highest BCUT2D eigenvalue weighted by molar-refractivity contribution is 7.92. The molecule has 0 saturated heterocycles. The average Bonchev–Trinajstić information content (AvgIpc) is 3.26. The molecule has 0 spiro atoms. The van der Waals surface area contributed by atoms with Crippen molar-refractivity contribution in [1.82, 2.24) is 4.98 Å². The van der Waals surface area contributed by atoms with Gasteiger partial charge in [0.15, 0.2) is 5.76 Å². The molecule has 0 bridgehead atoms. The van der Waals surface area contributed by atoms with Crippen LogP contribution in [0.25, 0.3) is 22.8 Å². The van der Waals surface area contributed by atoms with Crippen molar-refractivity contribution in [3.05, 3.63) is 94.7 Å². The Morgan fingerprint density at radius 3 is 2.32 bits per heavy atom. The normalized spacial score (nSPS) is 11.3. The lowest BCUT2D eigenvalue weighted by Crippen LogP contribution is -2.13. The summed E-state index contributed by atoms with van der Waals surface area (Å²) in [5.41, 5.74) is 2.14. The Kier molecular flexibility index (Phi) is 5.26. The van der Waals surface area contributed by atoms with Crippen molar-refractivity contribution in [2.24, 2.45) is 0 Å². The number of nitrogens with one attached hydrogen (secondary N) is 1. The number of non-ortho nitro benzene ring substituents is 1. The molecule has 0 unspecified atom stereocenters. The molecule has 3 aromatic carbocycles. The number of benzene rings is 3. The fourth-order valence-electron chi connectivity index (χ4n) is 3.00. The number of aromatic nitrogens is 1. The monoisotopic (exact) mass is 435 g/mol. The van der Waals surface area contributed by atoms with Crippen LogP contribution in [0.1, 0.15) is 5.56 Å². The van der Waals surface area contributed by atoms with Crippen LogP contribution >= 0.6 is 0 Å². The van der Waals surface area contributed by atoms with Gasteiger partial charge in [-0.15, -0.1) is 0 Å². The van der Waals surface area contributed by atoms with E-state index in [1.54, 1.807) is 25.3 Å². The molecule has 8 nitrogen and oxygen atoms in total. The Balaban J connectivity index is 1.55. The molecule has 4 aromatic rings. The van der Waals surface area contributed by atoms with Crippen molar-refractivity contribution in [2.75, 3.05) is 4.72 Å². The lowest BCUT2D eigenvalue weighted by Gasteiger charge is -2.10. The van der Waals surface area contributed by atoms with E-state index in [4.69, 9.17) is 4.42 Å². The number of hydrogen-bond acceptors (Lipinski definition) is 6. The molecule has 0 fully saturated rings. The maximum atomic E-state index is 12.7. The lowest BCUT2D eigenvalue weighted by molar-refractivity contribution is -0.384. The number of oxazole rings is 1. The number of hydrogen-bond donors (Lipinski definition) is 1. The summed E-state index contributed by atoms with van der Waals surface area (Å²) in [4.78, 5) is 14.6. The molecular weight excluding hydrogens is 418 g/mol. The smallest absolute Gasteiger partial charge is 0.269 e. The summed E-state index contributed by atoms with van der Waals surface area (Å²) in [6.07, 6.45) is 1.62. The van der Waals surface area contributed by atoms with Gasteiger partial charge in [-0.2, -0.15) is 0 Å². The molecule has 0 amide bonds. The third kappa shape index (κ3) is 4.31. The van der Waals surface area contributed by atoms with Crippen LogP contribution in [-0.4, -0.2) is 18.3 Å². The van der Waals surface area contributed by atoms with Crippen LogP contribution in [0.3, 0.4) is 0 Å². The first-order chi connectivity index (χ1) is 14.8. The zero-order valence-electron chi connectivity index (χ0n) is 16.3. The fourth-order valence-corrected chi connectivity index (χ4v) is 4.13. The number of nitro groups is 1. The summed E-state index contributed by atoms with van der Waals surface area (Å²) in [5, 5.41) is 10.9. The number of nitrogens with zero attached hydrogens (tertiary/aromatic N) is 2. The van der Waals surface area contributed by atoms with Crippen LogP contribution in [0.2, 0.25) is 0 Å². The van der Waals surface area contributed by atoms with Gasteiger partial charge < -0.3 is 4.42 Å². The quantitative estimate of drug-likeness (QED) is 0.336. The van der Waals surface area contributed by atoms with Gasteiger partial charge in [-0.3, -0.25) is 14.8 Å². The first kappa shape index (κ1) is 20.3. The van der Waals surface area contributed by atoms with Gasteiger partial charge in [0.05, 0.1) is 21.7 Å². The van der Waals surface area contributed by atoms with Gasteiger partial charge in [0.1, 0.15) is 0 Å². The van der Waals surface area contributed by atoms with Crippen LogP contribution in [0.15, 0.2) is 88.3 Å². The SMILES string of the molecule is Cc1cc([N+](=O)[O-])ccc1NS(=O)(=O)c1ccc(-c2ncc(-c3ccccc3)o2)cc1. The molecule has 0 saturated carbocycles. The van der Waals surface area contributed by atoms with E-state index in [0.29, 0.717) is 22.8 Å². The minimum atomic E-state index is -3.88. The van der Waals surface area contributed by atoms with Crippen LogP contribution in [-0.2, 0) is 10.0 Å². The average molecular weight is 435 g/mol. The third-order valence-corrected chi connectivity index (χ3v) is 6.02. The molecule has 156 valence electrons. The summed E-state index contributed by atoms with van der Waals surface area (Å²) in [6, 6.07) is 19.6. The van der Waals surface area contributed by atoms with Crippen LogP contribution < -0.4 is 4.72 Å². The fraction of sp³-hybridized carbons (Fsp3) is 0.0455. The standard InChI is InChI=1S/C22H17N3O5S/c1-15-13-18(25(26)27)9-12-20(15)24-31(28,29)19-10-7-17(8-11-19)22-23-14-21(30-22)16-5-3-2-4-6-16/h2-14,24H,1H3. The largest absolute Gasteiger partial charge is 0.436 e. The van der Waals surface area contributed by atoms with Crippen LogP contribution in [0.5, 0.6) is 0 Å². The van der Waals surface area contributed by atoms with Crippen molar-refractivity contribution >= 4 is 21.4 Å². The molecule has 0 radical (unpaired) electrons. The van der Waals surface area contributed by atoms with E-state index in [0.717, 1.165) is 5.56 Å². The Morgan fingerprint density at radius 1 is 0.968 bits per heavy atom. The zero-order chi connectivity index (χ0) is 22.0. The zero-order valence-corrected chi connectivity index (χ0v) is 17.2. The molecule has 4 rings (SSSR count). The molecule has 1 aromatic heterocycles. The second-order valence-electron chi connectivity index (χ2n) is 6.78. The molecule has 0 aliphatic carbocycles. The van der Waals surface area contributed by atoms with Crippen LogP contribution in [0.4, 0.5) is 11.4 Å². The molecule has 31 heavy (non-hydrogen) atoms. The molecule has 0 aliphatic heterocycles. The topological polar surface area (TPSA) is 115 Å². The second kappa shape index (κ2) is 8.04. The minimum absolute atomic E-state index is 0.0452. The van der Waals surface area contributed by atoms with E-state index < -0.39 is 14.9 Å². The van der Waals surface area contributed by atoms with E-state index >= 15 is 0 Å². The molecule has 0 atom stereocenters. The summed E-state index contributed by atoms with van der Waals surface area (Å²) in [6.45, 7) is 1.60. The first-order valence-electron chi connectivity index (χ1n) is 9.23. The van der Waals surface area contributed by atoms with Gasteiger partial charge >= 0.3 is 0 Å². The van der Waals surface area contributed by atoms with Gasteiger partial charge in [-0.25, -0.2) is 13.4 Å². The summed E-state index contributed by atoms with van der Waals surface area (Å²) >= 11 is 0. The Bertz CT molecular complexity index is 1350. The van der Waals surface area contributed by atoms with Crippen molar-refractivity contribution in [2.45, 2.75) is 11.8 Å². The number of sulfonamides is 1. The van der Waals surface area contributed by atoms with Gasteiger partial charge in [0, 0.05) is 23.3 Å². The molecule has 1 N–H and O–H groups in total. The number of nitro benzene ring substituents is 1. The van der Waals surface area contributed by atoms with Gasteiger partial charge in [0.25, 0.3) is 15.7 Å². The maximum Gasteiger partial charge on any atom is 0.269 e. The van der Waals surface area contributed by atoms with E-state index in [1.807, 2.05) is 30.3 Å². The van der Waals surface area contributed by atoms with Crippen molar-refractivity contribution in [1.29, 1.82) is 0 Å².